The molecule has 0 saturated carbocycles. The average molecular weight is 322 g/mol. The summed E-state index contributed by atoms with van der Waals surface area (Å²) in [6.07, 6.45) is 4.24. The van der Waals surface area contributed by atoms with E-state index in [0.29, 0.717) is 12.0 Å². The molecule has 2 aliphatic heterocycles. The number of anilines is 2. The Morgan fingerprint density at radius 3 is 2.92 bits per heavy atom. The summed E-state index contributed by atoms with van der Waals surface area (Å²) >= 11 is 0. The van der Waals surface area contributed by atoms with Crippen LogP contribution in [0.1, 0.15) is 43.9 Å². The molecule has 0 N–H and O–H groups in total. The lowest BCUT2D eigenvalue weighted by atomic mass is 9.93. The van der Waals surface area contributed by atoms with Gasteiger partial charge in [0.1, 0.15) is 0 Å². The van der Waals surface area contributed by atoms with E-state index < -0.39 is 0 Å². The Morgan fingerprint density at radius 1 is 1.33 bits per heavy atom. The summed E-state index contributed by atoms with van der Waals surface area (Å²) < 4.78 is 0. The van der Waals surface area contributed by atoms with Crippen LogP contribution >= 0.6 is 0 Å². The van der Waals surface area contributed by atoms with E-state index in [1.54, 1.807) is 0 Å². The lowest BCUT2D eigenvalue weighted by Crippen LogP contribution is -2.40. The predicted molar refractivity (Wildman–Crippen MR) is 99.9 cm³/mol. The van der Waals surface area contributed by atoms with Crippen molar-refractivity contribution < 1.29 is 0 Å². The molecule has 2 unspecified atom stereocenters. The molecule has 0 aliphatic carbocycles. The highest BCUT2D eigenvalue weighted by Crippen LogP contribution is 2.42. The van der Waals surface area contributed by atoms with Gasteiger partial charge in [0.15, 0.2) is 5.82 Å². The Balaban J connectivity index is 1.92. The second-order valence-electron chi connectivity index (χ2n) is 7.26. The molecule has 126 valence electrons. The normalized spacial score (nSPS) is 20.2. The van der Waals surface area contributed by atoms with Gasteiger partial charge < -0.3 is 9.80 Å². The van der Waals surface area contributed by atoms with Crippen LogP contribution in [-0.2, 0) is 0 Å². The Hall–Kier alpha value is -2.10. The molecule has 24 heavy (non-hydrogen) atoms. The zero-order valence-electron chi connectivity index (χ0n) is 15.1. The second-order valence-corrected chi connectivity index (χ2v) is 7.26. The maximum absolute atomic E-state index is 5.17. The molecule has 4 nitrogen and oxygen atoms in total. The van der Waals surface area contributed by atoms with Crippen molar-refractivity contribution in [1.82, 2.24) is 9.97 Å². The van der Waals surface area contributed by atoms with Crippen LogP contribution in [0.4, 0.5) is 11.5 Å². The minimum Gasteiger partial charge on any atom is -0.366 e. The van der Waals surface area contributed by atoms with E-state index >= 15 is 0 Å². The molecule has 2 aromatic rings. The van der Waals surface area contributed by atoms with Gasteiger partial charge in [0.2, 0.25) is 0 Å². The minimum atomic E-state index is 0.497. The number of rotatable bonds is 3. The fraction of sp³-hybridized carbons (Fsp3) is 0.500. The van der Waals surface area contributed by atoms with E-state index in [4.69, 9.17) is 4.98 Å². The van der Waals surface area contributed by atoms with Crippen LogP contribution in [0.15, 0.2) is 24.4 Å². The molecule has 4 heteroatoms. The Labute approximate surface area is 144 Å². The number of likely N-dealkylation sites (N-methyl/N-ethyl adjacent to an activating group) is 1. The summed E-state index contributed by atoms with van der Waals surface area (Å²) in [5, 5.41) is 0. The van der Waals surface area contributed by atoms with Gasteiger partial charge in [-0.25, -0.2) is 4.98 Å². The number of hydrogen-bond donors (Lipinski definition) is 0. The zero-order chi connectivity index (χ0) is 16.8. The molecule has 0 amide bonds. The molecule has 2 bridgehead atoms. The first kappa shape index (κ1) is 15.4. The van der Waals surface area contributed by atoms with Crippen LogP contribution in [0.25, 0.3) is 11.3 Å². The van der Waals surface area contributed by atoms with Gasteiger partial charge >= 0.3 is 0 Å². The van der Waals surface area contributed by atoms with Gasteiger partial charge in [-0.3, -0.25) is 4.98 Å². The van der Waals surface area contributed by atoms with Crippen LogP contribution in [-0.4, -0.2) is 36.1 Å². The summed E-state index contributed by atoms with van der Waals surface area (Å²) in [5.74, 6) is 1.64. The Morgan fingerprint density at radius 2 is 2.17 bits per heavy atom. The van der Waals surface area contributed by atoms with Crippen LogP contribution in [0.3, 0.4) is 0 Å². The van der Waals surface area contributed by atoms with E-state index in [0.717, 1.165) is 36.7 Å². The Bertz CT molecular complexity index is 770. The molecular weight excluding hydrogens is 296 g/mol. The third kappa shape index (κ3) is 2.36. The molecule has 2 aromatic heterocycles. The highest BCUT2D eigenvalue weighted by molar-refractivity contribution is 5.78. The lowest BCUT2D eigenvalue weighted by Gasteiger charge is -2.36. The second kappa shape index (κ2) is 5.76. The molecule has 0 spiro atoms. The fourth-order valence-corrected chi connectivity index (χ4v) is 3.97. The number of aromatic nitrogens is 2. The lowest BCUT2D eigenvalue weighted by molar-refractivity contribution is 0.669. The summed E-state index contributed by atoms with van der Waals surface area (Å²) in [6.45, 7) is 8.89. The van der Waals surface area contributed by atoms with Gasteiger partial charge in [-0.1, -0.05) is 13.8 Å². The summed E-state index contributed by atoms with van der Waals surface area (Å²) in [7, 11) is 2.20. The topological polar surface area (TPSA) is 32.3 Å². The molecule has 4 rings (SSSR count). The van der Waals surface area contributed by atoms with Crippen molar-refractivity contribution in [2.24, 2.45) is 0 Å². The number of aryl methyl sites for hydroxylation is 1. The van der Waals surface area contributed by atoms with Crippen LogP contribution in [0, 0.1) is 6.92 Å². The molecule has 1 fully saturated rings. The standard InChI is InChI=1S/C20H26N4/c1-5-13(2)17-11-18-20(23(4)16-7-9-24(18)12-16)22-19(17)15-6-8-21-14(3)10-15/h6,8,10-11,13,16H,5,7,9,12H2,1-4H3. The molecule has 4 heterocycles. The van der Waals surface area contributed by atoms with Gasteiger partial charge in [-0.05, 0) is 49.4 Å². The van der Waals surface area contributed by atoms with Gasteiger partial charge in [-0.2, -0.15) is 0 Å². The van der Waals surface area contributed by atoms with Crippen molar-refractivity contribution in [1.29, 1.82) is 0 Å². The fourth-order valence-electron chi connectivity index (χ4n) is 3.97. The molecule has 0 radical (unpaired) electrons. The van der Waals surface area contributed by atoms with Gasteiger partial charge in [-0.15, -0.1) is 0 Å². The smallest absolute Gasteiger partial charge is 0.152 e. The van der Waals surface area contributed by atoms with Crippen molar-refractivity contribution in [2.75, 3.05) is 29.9 Å². The van der Waals surface area contributed by atoms with Gasteiger partial charge in [0.05, 0.1) is 11.4 Å². The third-order valence-corrected chi connectivity index (χ3v) is 5.71. The molecule has 0 aromatic carbocycles. The monoisotopic (exact) mass is 322 g/mol. The van der Waals surface area contributed by atoms with Crippen molar-refractivity contribution >= 4 is 11.5 Å². The van der Waals surface area contributed by atoms with Gasteiger partial charge in [0.25, 0.3) is 0 Å². The number of pyridine rings is 2. The van der Waals surface area contributed by atoms with E-state index in [-0.39, 0.29) is 0 Å². The largest absolute Gasteiger partial charge is 0.366 e. The van der Waals surface area contributed by atoms with E-state index in [1.807, 2.05) is 13.1 Å². The first-order valence-electron chi connectivity index (χ1n) is 9.04. The first-order valence-corrected chi connectivity index (χ1v) is 9.04. The number of fused-ring (bicyclic) bond motifs is 4. The van der Waals surface area contributed by atoms with Crippen LogP contribution < -0.4 is 9.80 Å². The van der Waals surface area contributed by atoms with E-state index in [1.165, 1.54) is 23.2 Å². The molecular formula is C20H26N4. The van der Waals surface area contributed by atoms with Crippen LogP contribution in [0.2, 0.25) is 0 Å². The highest BCUT2D eigenvalue weighted by Gasteiger charge is 2.36. The van der Waals surface area contributed by atoms with Crippen molar-refractivity contribution in [3.05, 3.63) is 35.7 Å². The summed E-state index contributed by atoms with van der Waals surface area (Å²) in [5.41, 5.74) is 6.03. The zero-order valence-corrected chi connectivity index (χ0v) is 15.1. The van der Waals surface area contributed by atoms with E-state index in [9.17, 15) is 0 Å². The highest BCUT2D eigenvalue weighted by atomic mass is 15.3. The van der Waals surface area contributed by atoms with Crippen molar-refractivity contribution in [2.45, 2.75) is 45.6 Å². The maximum atomic E-state index is 5.17. The summed E-state index contributed by atoms with van der Waals surface area (Å²) in [4.78, 5) is 14.4. The summed E-state index contributed by atoms with van der Waals surface area (Å²) in [6, 6.07) is 7.25. The third-order valence-electron chi connectivity index (χ3n) is 5.71. The van der Waals surface area contributed by atoms with Crippen molar-refractivity contribution in [3.8, 4) is 11.3 Å². The SMILES string of the molecule is CCC(C)c1cc2c(nc1-c1ccnc(C)c1)N(C)C1CCN2C1. The minimum absolute atomic E-state index is 0.497. The van der Waals surface area contributed by atoms with Crippen LogP contribution in [0.5, 0.6) is 0 Å². The van der Waals surface area contributed by atoms with E-state index in [2.05, 4.69) is 53.9 Å². The number of nitrogens with zero attached hydrogens (tertiary/aromatic N) is 4. The molecule has 2 aliphatic rings. The van der Waals surface area contributed by atoms with Gasteiger partial charge in [0, 0.05) is 43.6 Å². The van der Waals surface area contributed by atoms with Crippen molar-refractivity contribution in [3.63, 3.8) is 0 Å². The quantitative estimate of drug-likeness (QED) is 0.855. The predicted octanol–water partition coefficient (Wildman–Crippen LogP) is 3.99. The first-order chi connectivity index (χ1) is 11.6. The molecule has 2 atom stereocenters. The maximum Gasteiger partial charge on any atom is 0.152 e. The number of hydrogen-bond acceptors (Lipinski definition) is 4. The Kier molecular flexibility index (Phi) is 3.70. The average Bonchev–Trinajstić information content (AvgIpc) is 3.04. The molecule has 1 saturated heterocycles.